The number of benzene rings is 3. The van der Waals surface area contributed by atoms with Crippen LogP contribution in [0.2, 0.25) is 0 Å². The first kappa shape index (κ1) is 13.6. The van der Waals surface area contributed by atoms with Crippen molar-refractivity contribution in [2.24, 2.45) is 0 Å². The van der Waals surface area contributed by atoms with E-state index in [-0.39, 0.29) is 16.5 Å². The Morgan fingerprint density at radius 2 is 1.61 bits per heavy atom. The van der Waals surface area contributed by atoms with Crippen molar-refractivity contribution in [2.45, 2.75) is 0 Å². The third kappa shape index (κ3) is 2.11. The minimum absolute atomic E-state index is 0.0625. The van der Waals surface area contributed by atoms with E-state index in [9.17, 15) is 13.6 Å². The van der Waals surface area contributed by atoms with E-state index in [2.05, 4.69) is 4.98 Å². The molecule has 112 valence electrons. The summed E-state index contributed by atoms with van der Waals surface area (Å²) < 4.78 is 28.4. The van der Waals surface area contributed by atoms with Gasteiger partial charge in [0.25, 0.3) is 5.56 Å². The Balaban J connectivity index is 2.14. The first-order chi connectivity index (χ1) is 11.1. The number of hydrogen-bond acceptors (Lipinski definition) is 1. The van der Waals surface area contributed by atoms with Gasteiger partial charge in [0.2, 0.25) is 0 Å². The lowest BCUT2D eigenvalue weighted by atomic mass is 9.97. The average Bonchev–Trinajstić information content (AvgIpc) is 2.56. The van der Waals surface area contributed by atoms with Crippen molar-refractivity contribution in [1.29, 1.82) is 0 Å². The number of aromatic amines is 1. The van der Waals surface area contributed by atoms with E-state index >= 15 is 0 Å². The van der Waals surface area contributed by atoms with Gasteiger partial charge in [-0.25, -0.2) is 8.78 Å². The van der Waals surface area contributed by atoms with Crippen molar-refractivity contribution in [3.8, 4) is 11.1 Å². The van der Waals surface area contributed by atoms with Gasteiger partial charge in [0, 0.05) is 5.39 Å². The molecule has 0 atom stereocenters. The van der Waals surface area contributed by atoms with Crippen molar-refractivity contribution < 1.29 is 8.78 Å². The van der Waals surface area contributed by atoms with E-state index in [0.717, 1.165) is 16.8 Å². The zero-order chi connectivity index (χ0) is 16.0. The van der Waals surface area contributed by atoms with E-state index in [4.69, 9.17) is 0 Å². The number of rotatable bonds is 1. The van der Waals surface area contributed by atoms with Gasteiger partial charge in [-0.1, -0.05) is 42.5 Å². The molecule has 0 saturated heterocycles. The summed E-state index contributed by atoms with van der Waals surface area (Å²) in [6, 6.07) is 16.4. The molecule has 0 amide bonds. The molecule has 0 saturated carbocycles. The van der Waals surface area contributed by atoms with Crippen molar-refractivity contribution >= 4 is 21.7 Å². The second-order valence-corrected chi connectivity index (χ2v) is 5.36. The van der Waals surface area contributed by atoms with Crippen LogP contribution in [0.3, 0.4) is 0 Å². The molecule has 0 aliphatic heterocycles. The highest BCUT2D eigenvalue weighted by Gasteiger charge is 2.16. The predicted molar refractivity (Wildman–Crippen MR) is 87.4 cm³/mol. The Labute approximate surface area is 130 Å². The van der Waals surface area contributed by atoms with Crippen LogP contribution in [0.4, 0.5) is 8.78 Å². The van der Waals surface area contributed by atoms with Crippen molar-refractivity contribution in [3.63, 3.8) is 0 Å². The summed E-state index contributed by atoms with van der Waals surface area (Å²) in [4.78, 5) is 15.0. The van der Waals surface area contributed by atoms with Crippen LogP contribution in [0.25, 0.3) is 32.8 Å². The van der Waals surface area contributed by atoms with Gasteiger partial charge in [-0.2, -0.15) is 0 Å². The number of aromatic nitrogens is 1. The average molecular weight is 307 g/mol. The van der Waals surface area contributed by atoms with Crippen LogP contribution in [0.15, 0.2) is 65.5 Å². The topological polar surface area (TPSA) is 32.9 Å². The Hall–Kier alpha value is -3.01. The first-order valence-electron chi connectivity index (χ1n) is 7.14. The van der Waals surface area contributed by atoms with Crippen LogP contribution in [0, 0.1) is 11.6 Å². The quantitative estimate of drug-likeness (QED) is 0.546. The molecular formula is C19H11F2NO. The molecule has 23 heavy (non-hydrogen) atoms. The van der Waals surface area contributed by atoms with E-state index in [1.165, 1.54) is 12.1 Å². The Kier molecular flexibility index (Phi) is 2.98. The van der Waals surface area contributed by atoms with Crippen LogP contribution in [0.1, 0.15) is 0 Å². The highest BCUT2D eigenvalue weighted by molar-refractivity contribution is 5.98. The summed E-state index contributed by atoms with van der Waals surface area (Å²) in [7, 11) is 0. The van der Waals surface area contributed by atoms with Gasteiger partial charge in [0.1, 0.15) is 11.6 Å². The number of hydrogen-bond donors (Lipinski definition) is 1. The van der Waals surface area contributed by atoms with E-state index in [1.54, 1.807) is 12.1 Å². The molecule has 0 fully saturated rings. The molecule has 2 nitrogen and oxygen atoms in total. The third-order valence-electron chi connectivity index (χ3n) is 3.97. The number of H-pyrrole nitrogens is 1. The van der Waals surface area contributed by atoms with Gasteiger partial charge in [-0.05, 0) is 34.5 Å². The molecule has 4 rings (SSSR count). The first-order valence-corrected chi connectivity index (χ1v) is 7.14. The maximum absolute atomic E-state index is 14.9. The fraction of sp³-hybridized carbons (Fsp3) is 0. The second-order valence-electron chi connectivity index (χ2n) is 5.36. The molecule has 0 aliphatic rings. The Morgan fingerprint density at radius 3 is 2.48 bits per heavy atom. The highest BCUT2D eigenvalue weighted by atomic mass is 19.1. The molecule has 0 aliphatic carbocycles. The maximum Gasteiger partial charge on any atom is 0.259 e. The Bertz CT molecular complexity index is 1110. The minimum Gasteiger partial charge on any atom is -0.321 e. The van der Waals surface area contributed by atoms with Gasteiger partial charge in [0.15, 0.2) is 0 Å². The normalized spacial score (nSPS) is 11.2. The summed E-state index contributed by atoms with van der Waals surface area (Å²) in [5, 5.41) is 1.74. The zero-order valence-corrected chi connectivity index (χ0v) is 11.9. The van der Waals surface area contributed by atoms with Crippen molar-refractivity contribution in [3.05, 3.63) is 82.7 Å². The lowest BCUT2D eigenvalue weighted by Gasteiger charge is -2.09. The van der Waals surface area contributed by atoms with Crippen LogP contribution in [-0.2, 0) is 0 Å². The number of nitrogens with one attached hydrogen (secondary N) is 1. The van der Waals surface area contributed by atoms with Crippen molar-refractivity contribution in [2.75, 3.05) is 0 Å². The van der Waals surface area contributed by atoms with Crippen LogP contribution in [0.5, 0.6) is 0 Å². The maximum atomic E-state index is 14.9. The molecular weight excluding hydrogens is 296 g/mol. The molecule has 3 aromatic carbocycles. The second kappa shape index (κ2) is 5.02. The lowest BCUT2D eigenvalue weighted by molar-refractivity contribution is 0.621. The van der Waals surface area contributed by atoms with E-state index in [1.807, 2.05) is 30.3 Å². The van der Waals surface area contributed by atoms with Gasteiger partial charge >= 0.3 is 0 Å². The van der Waals surface area contributed by atoms with E-state index in [0.29, 0.717) is 5.56 Å². The molecule has 0 spiro atoms. The number of halogens is 2. The summed E-state index contributed by atoms with van der Waals surface area (Å²) in [5.74, 6) is -1.26. The van der Waals surface area contributed by atoms with Gasteiger partial charge < -0.3 is 4.98 Å². The molecule has 1 aromatic heterocycles. The predicted octanol–water partition coefficient (Wildman–Crippen LogP) is 4.63. The highest BCUT2D eigenvalue weighted by Crippen LogP contribution is 2.30. The SMILES string of the molecule is O=c1[nH]c2ccc(F)cc2c(F)c1-c1cccc2ccccc12. The molecule has 0 radical (unpaired) electrons. The standard InChI is InChI=1S/C19H11F2NO/c20-12-8-9-16-15(10-12)18(21)17(19(23)22-16)14-7-3-5-11-4-1-2-6-13(11)14/h1-10H,(H,22,23). The fourth-order valence-corrected chi connectivity index (χ4v) is 2.91. The summed E-state index contributed by atoms with van der Waals surface area (Å²) in [6.45, 7) is 0. The minimum atomic E-state index is -0.709. The molecule has 4 heteroatoms. The van der Waals surface area contributed by atoms with Crippen LogP contribution < -0.4 is 5.56 Å². The van der Waals surface area contributed by atoms with Gasteiger partial charge in [-0.15, -0.1) is 0 Å². The molecule has 0 bridgehead atoms. The Morgan fingerprint density at radius 1 is 0.826 bits per heavy atom. The molecule has 1 heterocycles. The van der Waals surface area contributed by atoms with Gasteiger partial charge in [-0.3, -0.25) is 4.79 Å². The molecule has 1 N–H and O–H groups in total. The number of pyridine rings is 1. The van der Waals surface area contributed by atoms with Crippen LogP contribution in [-0.4, -0.2) is 4.98 Å². The summed E-state index contributed by atoms with van der Waals surface area (Å²) in [6.07, 6.45) is 0. The third-order valence-corrected chi connectivity index (χ3v) is 3.97. The monoisotopic (exact) mass is 307 g/mol. The number of fused-ring (bicyclic) bond motifs is 2. The molecule has 4 aromatic rings. The largest absolute Gasteiger partial charge is 0.321 e. The summed E-state index contributed by atoms with van der Waals surface area (Å²) >= 11 is 0. The van der Waals surface area contributed by atoms with Crippen molar-refractivity contribution in [1.82, 2.24) is 4.98 Å². The fourth-order valence-electron chi connectivity index (χ4n) is 2.91. The summed E-state index contributed by atoms with van der Waals surface area (Å²) in [5.41, 5.74) is 0.170. The van der Waals surface area contributed by atoms with Gasteiger partial charge in [0.05, 0.1) is 11.1 Å². The van der Waals surface area contributed by atoms with E-state index < -0.39 is 17.2 Å². The van der Waals surface area contributed by atoms with Crippen LogP contribution >= 0.6 is 0 Å². The molecule has 0 unspecified atom stereocenters. The smallest absolute Gasteiger partial charge is 0.259 e. The zero-order valence-electron chi connectivity index (χ0n) is 11.9. The lowest BCUT2D eigenvalue weighted by Crippen LogP contribution is -2.12.